The van der Waals surface area contributed by atoms with Crippen molar-refractivity contribution < 1.29 is 9.72 Å². The normalized spacial score (nSPS) is 12.8. The SMILES string of the molecule is Cc1cc([N+](=O)[O-])ccc1NC(=O)CC(N)CC(C)(C)C. The summed E-state index contributed by atoms with van der Waals surface area (Å²) in [7, 11) is 0. The van der Waals surface area contributed by atoms with Gasteiger partial charge in [0.15, 0.2) is 0 Å². The van der Waals surface area contributed by atoms with Crippen LogP contribution in [-0.2, 0) is 4.79 Å². The molecule has 1 aromatic rings. The Kier molecular flexibility index (Phi) is 5.43. The maximum atomic E-state index is 12.0. The number of benzene rings is 1. The lowest BCUT2D eigenvalue weighted by atomic mass is 9.87. The molecule has 3 N–H and O–H groups in total. The van der Waals surface area contributed by atoms with Gasteiger partial charge in [-0.1, -0.05) is 20.8 Å². The minimum atomic E-state index is -0.460. The third kappa shape index (κ3) is 5.91. The summed E-state index contributed by atoms with van der Waals surface area (Å²) in [6, 6.07) is 4.15. The van der Waals surface area contributed by atoms with Crippen molar-refractivity contribution in [2.75, 3.05) is 5.32 Å². The number of rotatable bonds is 5. The van der Waals surface area contributed by atoms with E-state index >= 15 is 0 Å². The second kappa shape index (κ2) is 6.67. The zero-order chi connectivity index (χ0) is 16.2. The van der Waals surface area contributed by atoms with Gasteiger partial charge in [0.25, 0.3) is 5.69 Å². The Bertz CT molecular complexity index is 535. The van der Waals surface area contributed by atoms with Gasteiger partial charge in [0.2, 0.25) is 5.91 Å². The molecule has 0 heterocycles. The molecule has 0 aliphatic heterocycles. The number of hydrogen-bond acceptors (Lipinski definition) is 4. The second-order valence-electron chi connectivity index (χ2n) is 6.53. The second-order valence-corrected chi connectivity index (χ2v) is 6.53. The van der Waals surface area contributed by atoms with Crippen LogP contribution in [-0.4, -0.2) is 16.9 Å². The summed E-state index contributed by atoms with van der Waals surface area (Å²) < 4.78 is 0. The van der Waals surface area contributed by atoms with Gasteiger partial charge in [-0.3, -0.25) is 14.9 Å². The zero-order valence-corrected chi connectivity index (χ0v) is 13.0. The number of aryl methyl sites for hydroxylation is 1. The van der Waals surface area contributed by atoms with Crippen molar-refractivity contribution in [3.05, 3.63) is 33.9 Å². The zero-order valence-electron chi connectivity index (χ0n) is 13.0. The van der Waals surface area contributed by atoms with Crippen LogP contribution in [0, 0.1) is 22.5 Å². The average Bonchev–Trinajstić information content (AvgIpc) is 2.28. The molecule has 1 amide bonds. The predicted octanol–water partition coefficient (Wildman–Crippen LogP) is 3.00. The highest BCUT2D eigenvalue weighted by Gasteiger charge is 2.18. The Morgan fingerprint density at radius 2 is 2.05 bits per heavy atom. The molecule has 0 aliphatic carbocycles. The first kappa shape index (κ1) is 17.1. The van der Waals surface area contributed by atoms with Crippen LogP contribution in [0.1, 0.15) is 39.2 Å². The topological polar surface area (TPSA) is 98.3 Å². The van der Waals surface area contributed by atoms with Gasteiger partial charge < -0.3 is 11.1 Å². The van der Waals surface area contributed by atoms with Crippen molar-refractivity contribution in [3.8, 4) is 0 Å². The molecule has 21 heavy (non-hydrogen) atoms. The molecule has 0 radical (unpaired) electrons. The number of hydrogen-bond donors (Lipinski definition) is 2. The fraction of sp³-hybridized carbons (Fsp3) is 0.533. The molecule has 0 aromatic heterocycles. The fourth-order valence-electron chi connectivity index (χ4n) is 2.20. The molecule has 116 valence electrons. The Balaban J connectivity index is 2.65. The molecule has 1 atom stereocenters. The number of nitrogens with two attached hydrogens (primary N) is 1. The van der Waals surface area contributed by atoms with Crippen LogP contribution in [0.5, 0.6) is 0 Å². The van der Waals surface area contributed by atoms with E-state index in [0.29, 0.717) is 11.3 Å². The molecule has 0 fully saturated rings. The van der Waals surface area contributed by atoms with Gasteiger partial charge in [-0.15, -0.1) is 0 Å². The van der Waals surface area contributed by atoms with E-state index in [1.807, 2.05) is 0 Å². The smallest absolute Gasteiger partial charge is 0.269 e. The standard InChI is InChI=1S/C15H23N3O3/c1-10-7-12(18(20)21)5-6-13(10)17-14(19)8-11(16)9-15(2,3)4/h5-7,11H,8-9,16H2,1-4H3,(H,17,19). The van der Waals surface area contributed by atoms with Crippen LogP contribution < -0.4 is 11.1 Å². The van der Waals surface area contributed by atoms with E-state index in [9.17, 15) is 14.9 Å². The molecule has 0 bridgehead atoms. The highest BCUT2D eigenvalue weighted by atomic mass is 16.6. The summed E-state index contributed by atoms with van der Waals surface area (Å²) in [5.41, 5.74) is 7.28. The lowest BCUT2D eigenvalue weighted by molar-refractivity contribution is -0.384. The predicted molar refractivity (Wildman–Crippen MR) is 83.1 cm³/mol. The third-order valence-corrected chi connectivity index (χ3v) is 3.02. The number of carbonyl (C=O) groups excluding carboxylic acids is 1. The van der Waals surface area contributed by atoms with Crippen molar-refractivity contribution in [1.29, 1.82) is 0 Å². The molecule has 1 unspecified atom stereocenters. The number of nitrogens with zero attached hydrogens (tertiary/aromatic N) is 1. The van der Waals surface area contributed by atoms with E-state index in [-0.39, 0.29) is 29.5 Å². The Morgan fingerprint density at radius 1 is 1.43 bits per heavy atom. The van der Waals surface area contributed by atoms with Crippen LogP contribution in [0.25, 0.3) is 0 Å². The first-order chi connectivity index (χ1) is 9.58. The van der Waals surface area contributed by atoms with Gasteiger partial charge in [0.1, 0.15) is 0 Å². The van der Waals surface area contributed by atoms with Crippen LogP contribution in [0.3, 0.4) is 0 Å². The number of anilines is 1. The van der Waals surface area contributed by atoms with E-state index in [0.717, 1.165) is 6.42 Å². The van der Waals surface area contributed by atoms with Crippen molar-refractivity contribution in [2.24, 2.45) is 11.1 Å². The molecule has 0 saturated heterocycles. The summed E-state index contributed by atoms with van der Waals surface area (Å²) >= 11 is 0. The molecule has 0 aliphatic rings. The Morgan fingerprint density at radius 3 is 2.52 bits per heavy atom. The van der Waals surface area contributed by atoms with Gasteiger partial charge in [-0.05, 0) is 30.4 Å². The lowest BCUT2D eigenvalue weighted by Crippen LogP contribution is -2.31. The van der Waals surface area contributed by atoms with Crippen LogP contribution in [0.4, 0.5) is 11.4 Å². The van der Waals surface area contributed by atoms with Crippen molar-refractivity contribution >= 4 is 17.3 Å². The van der Waals surface area contributed by atoms with Gasteiger partial charge in [0, 0.05) is 30.3 Å². The van der Waals surface area contributed by atoms with Crippen molar-refractivity contribution in [3.63, 3.8) is 0 Å². The molecular formula is C15H23N3O3. The number of non-ortho nitro benzene ring substituents is 1. The maximum absolute atomic E-state index is 12.0. The van der Waals surface area contributed by atoms with Gasteiger partial charge in [-0.2, -0.15) is 0 Å². The number of nitrogens with one attached hydrogen (secondary N) is 1. The Labute approximate surface area is 124 Å². The third-order valence-electron chi connectivity index (χ3n) is 3.02. The van der Waals surface area contributed by atoms with Gasteiger partial charge >= 0.3 is 0 Å². The van der Waals surface area contributed by atoms with Crippen LogP contribution in [0.15, 0.2) is 18.2 Å². The van der Waals surface area contributed by atoms with E-state index in [4.69, 9.17) is 5.73 Å². The highest BCUT2D eigenvalue weighted by Crippen LogP contribution is 2.23. The molecule has 1 aromatic carbocycles. The summed E-state index contributed by atoms with van der Waals surface area (Å²) in [4.78, 5) is 22.2. The van der Waals surface area contributed by atoms with Crippen LogP contribution in [0.2, 0.25) is 0 Å². The first-order valence-electron chi connectivity index (χ1n) is 6.89. The van der Waals surface area contributed by atoms with Crippen LogP contribution >= 0.6 is 0 Å². The molecule has 1 rings (SSSR count). The van der Waals surface area contributed by atoms with E-state index < -0.39 is 4.92 Å². The minimum absolute atomic E-state index is 0.00920. The minimum Gasteiger partial charge on any atom is -0.327 e. The van der Waals surface area contributed by atoms with Gasteiger partial charge in [-0.25, -0.2) is 0 Å². The quantitative estimate of drug-likeness (QED) is 0.644. The van der Waals surface area contributed by atoms with Gasteiger partial charge in [0.05, 0.1) is 4.92 Å². The largest absolute Gasteiger partial charge is 0.327 e. The number of nitro benzene ring substituents is 1. The van der Waals surface area contributed by atoms with Crippen molar-refractivity contribution in [1.82, 2.24) is 0 Å². The molecule has 6 nitrogen and oxygen atoms in total. The summed E-state index contributed by atoms with van der Waals surface area (Å²) in [5.74, 6) is -0.177. The van der Waals surface area contributed by atoms with E-state index in [1.54, 1.807) is 13.0 Å². The molecule has 0 spiro atoms. The van der Waals surface area contributed by atoms with E-state index in [2.05, 4.69) is 26.1 Å². The number of nitro groups is 1. The first-order valence-corrected chi connectivity index (χ1v) is 6.89. The average molecular weight is 293 g/mol. The summed E-state index contributed by atoms with van der Waals surface area (Å²) in [5, 5.41) is 13.4. The highest BCUT2D eigenvalue weighted by molar-refractivity contribution is 5.92. The molecule has 6 heteroatoms. The summed E-state index contributed by atoms with van der Waals surface area (Å²) in [6.07, 6.45) is 0.980. The monoisotopic (exact) mass is 293 g/mol. The molecular weight excluding hydrogens is 270 g/mol. The molecule has 0 saturated carbocycles. The van der Waals surface area contributed by atoms with E-state index in [1.165, 1.54) is 12.1 Å². The van der Waals surface area contributed by atoms with Crippen molar-refractivity contribution in [2.45, 2.75) is 46.6 Å². The maximum Gasteiger partial charge on any atom is 0.269 e. The fourth-order valence-corrected chi connectivity index (χ4v) is 2.20. The number of carbonyl (C=O) groups is 1. The Hall–Kier alpha value is -1.95. The number of amides is 1. The summed E-state index contributed by atoms with van der Waals surface area (Å²) in [6.45, 7) is 7.94. The lowest BCUT2D eigenvalue weighted by Gasteiger charge is -2.22.